The van der Waals surface area contributed by atoms with Crippen LogP contribution in [-0.2, 0) is 16.1 Å². The Labute approximate surface area is 112 Å². The first-order valence-corrected chi connectivity index (χ1v) is 6.10. The predicted octanol–water partition coefficient (Wildman–Crippen LogP) is 0.431. The van der Waals surface area contributed by atoms with E-state index in [-0.39, 0.29) is 11.5 Å². The van der Waals surface area contributed by atoms with E-state index in [9.17, 15) is 9.59 Å². The number of rotatable bonds is 6. The van der Waals surface area contributed by atoms with Crippen LogP contribution in [0.5, 0.6) is 0 Å². The zero-order valence-corrected chi connectivity index (χ0v) is 11.8. The first kappa shape index (κ1) is 15.4. The van der Waals surface area contributed by atoms with Gasteiger partial charge in [0, 0.05) is 25.9 Å². The van der Waals surface area contributed by atoms with Gasteiger partial charge in [0.1, 0.15) is 0 Å². The molecule has 1 amide bonds. The molecule has 0 aliphatic carbocycles. The van der Waals surface area contributed by atoms with Crippen LogP contribution in [-0.4, -0.2) is 36.8 Å². The van der Waals surface area contributed by atoms with Gasteiger partial charge in [0.2, 0.25) is 5.91 Å². The minimum absolute atomic E-state index is 0.122. The highest BCUT2D eigenvalue weighted by Gasteiger charge is 2.25. The third-order valence-corrected chi connectivity index (χ3v) is 2.97. The highest BCUT2D eigenvalue weighted by atomic mass is 16.5. The maximum atomic E-state index is 12.0. The molecular weight excluding hydrogens is 246 g/mol. The van der Waals surface area contributed by atoms with Crippen molar-refractivity contribution in [1.82, 2.24) is 9.88 Å². The summed E-state index contributed by atoms with van der Waals surface area (Å²) in [5.41, 5.74) is -0.208. The van der Waals surface area contributed by atoms with Crippen molar-refractivity contribution >= 4 is 11.6 Å². The van der Waals surface area contributed by atoms with Crippen molar-refractivity contribution in [3.63, 3.8) is 0 Å². The Kier molecular flexibility index (Phi) is 5.26. The zero-order valence-electron chi connectivity index (χ0n) is 11.8. The molecule has 0 fully saturated rings. The number of methoxy groups -OCH3 is 1. The monoisotopic (exact) mass is 267 g/mol. The van der Waals surface area contributed by atoms with Gasteiger partial charge in [0.15, 0.2) is 0 Å². The number of ether oxygens (including phenoxy) is 1. The lowest BCUT2D eigenvalue weighted by Crippen LogP contribution is -2.48. The standard InChI is InChI=1S/C13H21N3O3/c1-13(2,14-3)12(18)15-10-5-6-11(17)16(9-10)7-8-19-4/h5-6,9,14H,7-8H2,1-4H3,(H,15,18). The molecule has 1 aromatic rings. The molecule has 1 heterocycles. The maximum absolute atomic E-state index is 12.0. The molecule has 0 atom stereocenters. The van der Waals surface area contributed by atoms with E-state index in [0.29, 0.717) is 18.8 Å². The number of amides is 1. The number of carbonyl (C=O) groups excluding carboxylic acids is 1. The van der Waals surface area contributed by atoms with Gasteiger partial charge in [-0.05, 0) is 27.0 Å². The van der Waals surface area contributed by atoms with Crippen LogP contribution in [0.4, 0.5) is 5.69 Å². The molecule has 106 valence electrons. The van der Waals surface area contributed by atoms with E-state index in [4.69, 9.17) is 4.74 Å². The fourth-order valence-corrected chi connectivity index (χ4v) is 1.37. The van der Waals surface area contributed by atoms with Crippen molar-refractivity contribution in [2.45, 2.75) is 25.9 Å². The van der Waals surface area contributed by atoms with Gasteiger partial charge >= 0.3 is 0 Å². The summed E-state index contributed by atoms with van der Waals surface area (Å²) in [4.78, 5) is 23.6. The second-order valence-electron chi connectivity index (χ2n) is 4.77. The van der Waals surface area contributed by atoms with Crippen LogP contribution in [0.1, 0.15) is 13.8 Å². The summed E-state index contributed by atoms with van der Waals surface area (Å²) in [5.74, 6) is -0.160. The van der Waals surface area contributed by atoms with Gasteiger partial charge < -0.3 is 19.9 Å². The molecular formula is C13H21N3O3. The van der Waals surface area contributed by atoms with Gasteiger partial charge in [-0.15, -0.1) is 0 Å². The average molecular weight is 267 g/mol. The normalized spacial score (nSPS) is 11.4. The summed E-state index contributed by atoms with van der Waals surface area (Å²) in [6, 6.07) is 3.02. The number of pyridine rings is 1. The molecule has 0 saturated heterocycles. The second kappa shape index (κ2) is 6.49. The lowest BCUT2D eigenvalue weighted by atomic mass is 10.1. The molecule has 6 nitrogen and oxygen atoms in total. The lowest BCUT2D eigenvalue weighted by Gasteiger charge is -2.22. The highest BCUT2D eigenvalue weighted by molar-refractivity contribution is 5.97. The van der Waals surface area contributed by atoms with Crippen molar-refractivity contribution in [3.05, 3.63) is 28.7 Å². The van der Waals surface area contributed by atoms with E-state index in [0.717, 1.165) is 0 Å². The number of likely N-dealkylation sites (N-methyl/N-ethyl adjacent to an activating group) is 1. The molecule has 19 heavy (non-hydrogen) atoms. The largest absolute Gasteiger partial charge is 0.383 e. The molecule has 0 aromatic carbocycles. The molecule has 1 aromatic heterocycles. The van der Waals surface area contributed by atoms with Crippen LogP contribution >= 0.6 is 0 Å². The summed E-state index contributed by atoms with van der Waals surface area (Å²) < 4.78 is 6.44. The third kappa shape index (κ3) is 4.18. The Balaban J connectivity index is 2.85. The number of nitrogens with one attached hydrogen (secondary N) is 2. The Hall–Kier alpha value is -1.66. The lowest BCUT2D eigenvalue weighted by molar-refractivity contribution is -0.121. The van der Waals surface area contributed by atoms with E-state index < -0.39 is 5.54 Å². The summed E-state index contributed by atoms with van der Waals surface area (Å²) in [7, 11) is 3.30. The van der Waals surface area contributed by atoms with Crippen molar-refractivity contribution in [2.75, 3.05) is 26.1 Å². The Bertz CT molecular complexity index is 494. The molecule has 0 unspecified atom stereocenters. The van der Waals surface area contributed by atoms with Gasteiger partial charge in [-0.2, -0.15) is 0 Å². The number of anilines is 1. The zero-order chi connectivity index (χ0) is 14.5. The fourth-order valence-electron chi connectivity index (χ4n) is 1.37. The molecule has 0 aliphatic heterocycles. The summed E-state index contributed by atoms with van der Waals surface area (Å²) >= 11 is 0. The summed E-state index contributed by atoms with van der Waals surface area (Å²) in [6.45, 7) is 4.46. The van der Waals surface area contributed by atoms with Gasteiger partial charge in [-0.3, -0.25) is 9.59 Å². The van der Waals surface area contributed by atoms with Crippen LogP contribution in [0.15, 0.2) is 23.1 Å². The van der Waals surface area contributed by atoms with Crippen molar-refractivity contribution in [2.24, 2.45) is 0 Å². The number of aromatic nitrogens is 1. The van der Waals surface area contributed by atoms with Crippen LogP contribution in [0.2, 0.25) is 0 Å². The average Bonchev–Trinajstić information content (AvgIpc) is 2.39. The molecule has 2 N–H and O–H groups in total. The van der Waals surface area contributed by atoms with Gasteiger partial charge in [-0.1, -0.05) is 0 Å². The SMILES string of the molecule is CNC(C)(C)C(=O)Nc1ccc(=O)n(CCOC)c1. The van der Waals surface area contributed by atoms with Crippen molar-refractivity contribution in [1.29, 1.82) is 0 Å². The third-order valence-electron chi connectivity index (χ3n) is 2.97. The summed E-state index contributed by atoms with van der Waals surface area (Å²) in [5, 5.41) is 5.70. The van der Waals surface area contributed by atoms with Gasteiger partial charge in [0.25, 0.3) is 5.56 Å². The number of nitrogens with zero attached hydrogens (tertiary/aromatic N) is 1. The molecule has 0 radical (unpaired) electrons. The number of hydrogen-bond donors (Lipinski definition) is 2. The molecule has 6 heteroatoms. The molecule has 0 aliphatic rings. The summed E-state index contributed by atoms with van der Waals surface area (Å²) in [6.07, 6.45) is 1.62. The number of carbonyl (C=O) groups is 1. The Morgan fingerprint density at radius 1 is 1.42 bits per heavy atom. The van der Waals surface area contributed by atoms with Crippen molar-refractivity contribution in [3.8, 4) is 0 Å². The first-order valence-electron chi connectivity index (χ1n) is 6.10. The van der Waals surface area contributed by atoms with E-state index in [1.165, 1.54) is 10.6 Å². The predicted molar refractivity (Wildman–Crippen MR) is 74.3 cm³/mol. The fraction of sp³-hybridized carbons (Fsp3) is 0.538. The van der Waals surface area contributed by atoms with E-state index in [2.05, 4.69) is 10.6 Å². The molecule has 0 bridgehead atoms. The van der Waals surface area contributed by atoms with Crippen molar-refractivity contribution < 1.29 is 9.53 Å². The maximum Gasteiger partial charge on any atom is 0.250 e. The Morgan fingerprint density at radius 2 is 2.11 bits per heavy atom. The van der Waals surface area contributed by atoms with Crippen LogP contribution < -0.4 is 16.2 Å². The minimum Gasteiger partial charge on any atom is -0.383 e. The minimum atomic E-state index is -0.673. The van der Waals surface area contributed by atoms with Crippen LogP contribution in [0.25, 0.3) is 0 Å². The molecule has 0 spiro atoms. The molecule has 1 rings (SSSR count). The van der Waals surface area contributed by atoms with Crippen LogP contribution in [0, 0.1) is 0 Å². The van der Waals surface area contributed by atoms with Crippen LogP contribution in [0.3, 0.4) is 0 Å². The van der Waals surface area contributed by atoms with Gasteiger partial charge in [0.05, 0.1) is 17.8 Å². The number of hydrogen-bond acceptors (Lipinski definition) is 4. The Morgan fingerprint density at radius 3 is 2.68 bits per heavy atom. The second-order valence-corrected chi connectivity index (χ2v) is 4.77. The quantitative estimate of drug-likeness (QED) is 0.784. The topological polar surface area (TPSA) is 72.4 Å². The van der Waals surface area contributed by atoms with E-state index in [1.54, 1.807) is 40.3 Å². The van der Waals surface area contributed by atoms with E-state index >= 15 is 0 Å². The smallest absolute Gasteiger partial charge is 0.250 e. The molecule has 0 saturated carbocycles. The highest BCUT2D eigenvalue weighted by Crippen LogP contribution is 2.09. The van der Waals surface area contributed by atoms with Gasteiger partial charge in [-0.25, -0.2) is 0 Å². The first-order chi connectivity index (χ1) is 8.90. The van der Waals surface area contributed by atoms with E-state index in [1.807, 2.05) is 0 Å².